The number of aromatic amines is 1. The normalized spacial score (nSPS) is 20.5. The van der Waals surface area contributed by atoms with Gasteiger partial charge in [0.05, 0.1) is 5.92 Å². The second-order valence-electron chi connectivity index (χ2n) is 4.74. The summed E-state index contributed by atoms with van der Waals surface area (Å²) in [6, 6.07) is 3.34. The minimum atomic E-state index is -3.69. The van der Waals surface area contributed by atoms with Crippen LogP contribution in [0.1, 0.15) is 6.42 Å². The lowest BCUT2D eigenvalue weighted by atomic mass is 10.1. The van der Waals surface area contributed by atoms with Gasteiger partial charge in [0.25, 0.3) is 0 Å². The molecule has 8 heteroatoms. The number of hydrogen-bond acceptors (Lipinski definition) is 4. The molecule has 0 bridgehead atoms. The second-order valence-corrected chi connectivity index (χ2v) is 6.65. The van der Waals surface area contributed by atoms with Crippen molar-refractivity contribution in [3.05, 3.63) is 24.5 Å². The molecule has 1 atom stereocenters. The van der Waals surface area contributed by atoms with E-state index < -0.39 is 21.9 Å². The molecule has 1 aliphatic heterocycles. The molecule has 1 aliphatic rings. The van der Waals surface area contributed by atoms with Crippen molar-refractivity contribution in [3.63, 3.8) is 0 Å². The summed E-state index contributed by atoms with van der Waals surface area (Å²) < 4.78 is 26.3. The molecule has 3 rings (SSSR count). The Morgan fingerprint density at radius 2 is 2.30 bits per heavy atom. The molecule has 7 nitrogen and oxygen atoms in total. The molecule has 0 spiro atoms. The Kier molecular flexibility index (Phi) is 2.98. The van der Waals surface area contributed by atoms with E-state index in [9.17, 15) is 13.2 Å². The van der Waals surface area contributed by atoms with E-state index in [1.807, 2.05) is 0 Å². The Balaban J connectivity index is 1.99. The van der Waals surface area contributed by atoms with E-state index in [1.54, 1.807) is 18.3 Å². The monoisotopic (exact) mass is 295 g/mol. The number of carboxylic acids is 1. The fourth-order valence-electron chi connectivity index (χ4n) is 2.43. The predicted molar refractivity (Wildman–Crippen MR) is 70.6 cm³/mol. The number of carboxylic acid groups (broad SMARTS) is 1. The summed E-state index contributed by atoms with van der Waals surface area (Å²) in [5.41, 5.74) is 0.500. The highest BCUT2D eigenvalue weighted by molar-refractivity contribution is 7.89. The molecule has 0 radical (unpaired) electrons. The predicted octanol–water partition coefficient (Wildman–Crippen LogP) is 0.658. The summed E-state index contributed by atoms with van der Waals surface area (Å²) in [5.74, 6) is -1.59. The van der Waals surface area contributed by atoms with Gasteiger partial charge < -0.3 is 10.1 Å². The third-order valence-electron chi connectivity index (χ3n) is 3.53. The highest BCUT2D eigenvalue weighted by Crippen LogP contribution is 2.28. The van der Waals surface area contributed by atoms with Crippen LogP contribution in [0.25, 0.3) is 11.0 Å². The molecule has 2 N–H and O–H groups in total. The number of aliphatic carboxylic acids is 1. The van der Waals surface area contributed by atoms with Gasteiger partial charge in [-0.1, -0.05) is 0 Å². The van der Waals surface area contributed by atoms with Crippen molar-refractivity contribution < 1.29 is 18.3 Å². The molecule has 1 fully saturated rings. The zero-order valence-corrected chi connectivity index (χ0v) is 11.3. The fraction of sp³-hybridized carbons (Fsp3) is 0.333. The van der Waals surface area contributed by atoms with Crippen molar-refractivity contribution in [1.82, 2.24) is 14.3 Å². The van der Waals surface area contributed by atoms with Crippen LogP contribution in [0, 0.1) is 5.92 Å². The molecule has 20 heavy (non-hydrogen) atoms. The first kappa shape index (κ1) is 13.1. The van der Waals surface area contributed by atoms with Crippen LogP contribution in [0.5, 0.6) is 0 Å². The van der Waals surface area contributed by atoms with Crippen molar-refractivity contribution in [2.45, 2.75) is 11.3 Å². The van der Waals surface area contributed by atoms with Gasteiger partial charge in [0.15, 0.2) is 0 Å². The van der Waals surface area contributed by atoms with Crippen LogP contribution in [0.15, 0.2) is 29.4 Å². The van der Waals surface area contributed by atoms with E-state index in [0.717, 1.165) is 0 Å². The Hall–Kier alpha value is -1.93. The van der Waals surface area contributed by atoms with E-state index in [-0.39, 0.29) is 18.0 Å². The van der Waals surface area contributed by atoms with E-state index in [0.29, 0.717) is 17.5 Å². The second kappa shape index (κ2) is 4.57. The topological polar surface area (TPSA) is 103 Å². The van der Waals surface area contributed by atoms with Gasteiger partial charge in [0.1, 0.15) is 10.5 Å². The molecular formula is C12H13N3O4S. The molecule has 1 unspecified atom stereocenters. The van der Waals surface area contributed by atoms with Crippen molar-refractivity contribution in [2.75, 3.05) is 13.1 Å². The van der Waals surface area contributed by atoms with Crippen LogP contribution in [-0.2, 0) is 14.8 Å². The average Bonchev–Trinajstić information content (AvgIpc) is 3.06. The van der Waals surface area contributed by atoms with Crippen molar-refractivity contribution >= 4 is 27.0 Å². The van der Waals surface area contributed by atoms with Gasteiger partial charge in [-0.3, -0.25) is 4.79 Å². The highest BCUT2D eigenvalue weighted by atomic mass is 32.2. The van der Waals surface area contributed by atoms with E-state index >= 15 is 0 Å². The number of sulfonamides is 1. The van der Waals surface area contributed by atoms with Crippen LogP contribution in [0.4, 0.5) is 0 Å². The molecule has 3 heterocycles. The van der Waals surface area contributed by atoms with Gasteiger partial charge in [-0.2, -0.15) is 4.31 Å². The number of aromatic nitrogens is 2. The molecule has 2 aromatic rings. The van der Waals surface area contributed by atoms with Crippen molar-refractivity contribution in [1.29, 1.82) is 0 Å². The van der Waals surface area contributed by atoms with Crippen LogP contribution in [-0.4, -0.2) is 46.9 Å². The largest absolute Gasteiger partial charge is 0.481 e. The number of nitrogens with zero attached hydrogens (tertiary/aromatic N) is 2. The average molecular weight is 295 g/mol. The van der Waals surface area contributed by atoms with Crippen LogP contribution >= 0.6 is 0 Å². The number of rotatable bonds is 3. The summed E-state index contributed by atoms with van der Waals surface area (Å²) in [6.07, 6.45) is 3.32. The third kappa shape index (κ3) is 1.97. The van der Waals surface area contributed by atoms with Crippen LogP contribution < -0.4 is 0 Å². The summed E-state index contributed by atoms with van der Waals surface area (Å²) in [4.78, 5) is 18.0. The molecular weight excluding hydrogens is 282 g/mol. The molecule has 2 aromatic heterocycles. The summed E-state index contributed by atoms with van der Waals surface area (Å²) in [5, 5.41) is 9.48. The Bertz CT molecular complexity index is 768. The minimum absolute atomic E-state index is 0.0185. The summed E-state index contributed by atoms with van der Waals surface area (Å²) >= 11 is 0. The van der Waals surface area contributed by atoms with Crippen molar-refractivity contribution in [3.8, 4) is 0 Å². The number of carbonyl (C=O) groups is 1. The summed E-state index contributed by atoms with van der Waals surface area (Å²) in [7, 11) is -3.69. The standard InChI is InChI=1S/C12H13N3O4S/c16-12(17)8-3-5-15(7-8)20(18,19)10-6-14-11-9(10)2-1-4-13-11/h1-2,4,6,8H,3,5,7H2,(H,13,14)(H,16,17). The zero-order chi connectivity index (χ0) is 14.3. The van der Waals surface area contributed by atoms with Gasteiger partial charge in [-0.25, -0.2) is 13.4 Å². The maximum Gasteiger partial charge on any atom is 0.307 e. The minimum Gasteiger partial charge on any atom is -0.481 e. The van der Waals surface area contributed by atoms with Gasteiger partial charge >= 0.3 is 5.97 Å². The number of hydrogen-bond donors (Lipinski definition) is 2. The first-order chi connectivity index (χ1) is 9.50. The van der Waals surface area contributed by atoms with E-state index in [2.05, 4.69) is 9.97 Å². The van der Waals surface area contributed by atoms with Gasteiger partial charge in [0, 0.05) is 30.9 Å². The first-order valence-electron chi connectivity index (χ1n) is 6.15. The maximum atomic E-state index is 12.6. The highest BCUT2D eigenvalue weighted by Gasteiger charge is 2.36. The SMILES string of the molecule is O=C(O)C1CCN(S(=O)(=O)c2c[nH]c3ncccc23)C1. The molecule has 0 saturated carbocycles. The fourth-order valence-corrected chi connectivity index (χ4v) is 4.08. The number of H-pyrrole nitrogens is 1. The Morgan fingerprint density at radius 1 is 1.50 bits per heavy atom. The molecule has 0 amide bonds. The van der Waals surface area contributed by atoms with Gasteiger partial charge in [-0.15, -0.1) is 0 Å². The zero-order valence-electron chi connectivity index (χ0n) is 10.5. The summed E-state index contributed by atoms with van der Waals surface area (Å²) in [6.45, 7) is 0.247. The van der Waals surface area contributed by atoms with E-state index in [1.165, 1.54) is 10.5 Å². The van der Waals surface area contributed by atoms with Crippen LogP contribution in [0.3, 0.4) is 0 Å². The lowest BCUT2D eigenvalue weighted by molar-refractivity contribution is -0.141. The number of fused-ring (bicyclic) bond motifs is 1. The van der Waals surface area contributed by atoms with E-state index in [4.69, 9.17) is 5.11 Å². The van der Waals surface area contributed by atoms with Crippen LogP contribution in [0.2, 0.25) is 0 Å². The van der Waals surface area contributed by atoms with Gasteiger partial charge in [-0.05, 0) is 18.6 Å². The van der Waals surface area contributed by atoms with Crippen molar-refractivity contribution in [2.24, 2.45) is 5.92 Å². The maximum absolute atomic E-state index is 12.6. The lowest BCUT2D eigenvalue weighted by Crippen LogP contribution is -2.30. The number of pyridine rings is 1. The van der Waals surface area contributed by atoms with Gasteiger partial charge in [0.2, 0.25) is 10.0 Å². The first-order valence-corrected chi connectivity index (χ1v) is 7.59. The molecule has 0 aromatic carbocycles. The molecule has 0 aliphatic carbocycles. The smallest absolute Gasteiger partial charge is 0.307 e. The molecule has 1 saturated heterocycles. The number of nitrogens with one attached hydrogen (secondary N) is 1. The lowest BCUT2D eigenvalue weighted by Gasteiger charge is -2.15. The molecule has 106 valence electrons. The Morgan fingerprint density at radius 3 is 3.00 bits per heavy atom. The Labute approximate surface area is 115 Å². The third-order valence-corrected chi connectivity index (χ3v) is 5.44. The quantitative estimate of drug-likeness (QED) is 0.865.